The fourth-order valence-electron chi connectivity index (χ4n) is 1.73. The van der Waals surface area contributed by atoms with Gasteiger partial charge in [0.1, 0.15) is 10.7 Å². The molecule has 0 aliphatic carbocycles. The van der Waals surface area contributed by atoms with Gasteiger partial charge in [0, 0.05) is 16.2 Å². The van der Waals surface area contributed by atoms with Crippen molar-refractivity contribution in [2.75, 3.05) is 0 Å². The molecule has 1 unspecified atom stereocenters. The highest BCUT2D eigenvalue weighted by molar-refractivity contribution is 7.18. The van der Waals surface area contributed by atoms with Crippen molar-refractivity contribution in [2.45, 2.75) is 39.5 Å². The fraction of sp³-hybridized carbons (Fsp3) is 0.462. The van der Waals surface area contributed by atoms with E-state index in [1.165, 1.54) is 0 Å². The van der Waals surface area contributed by atoms with E-state index in [4.69, 9.17) is 0 Å². The molecule has 18 heavy (non-hydrogen) atoms. The smallest absolute Gasteiger partial charge is 0.355 e. The first-order chi connectivity index (χ1) is 8.56. The summed E-state index contributed by atoms with van der Waals surface area (Å²) in [5.74, 6) is -0.168. The number of hydrogen-bond acceptors (Lipinski definition) is 4. The lowest BCUT2D eigenvalue weighted by atomic mass is 10.1. The number of thiophene rings is 1. The van der Waals surface area contributed by atoms with Gasteiger partial charge in [0.15, 0.2) is 5.69 Å². The third kappa shape index (κ3) is 2.22. The van der Waals surface area contributed by atoms with Crippen LogP contribution >= 0.6 is 11.3 Å². The number of fused-ring (bicyclic) bond motifs is 1. The van der Waals surface area contributed by atoms with Crippen LogP contribution in [-0.2, 0) is 6.42 Å². The fourth-order valence-corrected chi connectivity index (χ4v) is 2.70. The van der Waals surface area contributed by atoms with Crippen molar-refractivity contribution in [3.05, 3.63) is 22.5 Å². The number of aromatic carboxylic acids is 1. The van der Waals surface area contributed by atoms with Crippen LogP contribution in [0.1, 0.15) is 54.3 Å². The summed E-state index contributed by atoms with van der Waals surface area (Å²) < 4.78 is 0. The van der Waals surface area contributed by atoms with Crippen LogP contribution in [0.15, 0.2) is 6.07 Å². The molecule has 2 rings (SSSR count). The molecule has 0 aliphatic heterocycles. The second-order valence-corrected chi connectivity index (χ2v) is 5.45. The van der Waals surface area contributed by atoms with Crippen LogP contribution < -0.4 is 0 Å². The minimum absolute atomic E-state index is 0.131. The summed E-state index contributed by atoms with van der Waals surface area (Å²) in [4.78, 5) is 21.9. The van der Waals surface area contributed by atoms with E-state index in [1.54, 1.807) is 11.3 Å². The van der Waals surface area contributed by atoms with Crippen LogP contribution in [0.3, 0.4) is 0 Å². The Kier molecular flexibility index (Phi) is 3.61. The summed E-state index contributed by atoms with van der Waals surface area (Å²) in [6.07, 6.45) is 1.79. The molecule has 0 bridgehead atoms. The summed E-state index contributed by atoms with van der Waals surface area (Å²) in [5, 5.41) is 9.92. The lowest BCUT2D eigenvalue weighted by molar-refractivity contribution is 0.0692. The molecule has 0 radical (unpaired) electrons. The largest absolute Gasteiger partial charge is 0.476 e. The molecule has 0 aliphatic rings. The average molecular weight is 264 g/mol. The molecular formula is C13H16N2O2S. The van der Waals surface area contributed by atoms with Gasteiger partial charge in [-0.1, -0.05) is 20.8 Å². The van der Waals surface area contributed by atoms with Gasteiger partial charge < -0.3 is 5.11 Å². The molecule has 2 aromatic heterocycles. The van der Waals surface area contributed by atoms with Crippen LogP contribution in [0.25, 0.3) is 10.2 Å². The quantitative estimate of drug-likeness (QED) is 0.918. The van der Waals surface area contributed by atoms with E-state index < -0.39 is 5.97 Å². The van der Waals surface area contributed by atoms with Gasteiger partial charge >= 0.3 is 5.97 Å². The van der Waals surface area contributed by atoms with Crippen LogP contribution in [0, 0.1) is 0 Å². The van der Waals surface area contributed by atoms with Gasteiger partial charge in [0.05, 0.1) is 0 Å². The summed E-state index contributed by atoms with van der Waals surface area (Å²) >= 11 is 1.56. The Bertz CT molecular complexity index is 592. The number of carboxylic acids is 1. The molecule has 2 aromatic rings. The zero-order valence-corrected chi connectivity index (χ0v) is 11.5. The summed E-state index contributed by atoms with van der Waals surface area (Å²) in [5.41, 5.74) is 0.131. The van der Waals surface area contributed by atoms with Gasteiger partial charge in [-0.2, -0.15) is 0 Å². The van der Waals surface area contributed by atoms with E-state index in [-0.39, 0.29) is 11.6 Å². The molecule has 2 heterocycles. The SMILES string of the molecule is CCc1cc2c(C(=O)O)nc(C(C)CC)nc2s1. The molecule has 0 aromatic carbocycles. The Morgan fingerprint density at radius 1 is 1.44 bits per heavy atom. The first kappa shape index (κ1) is 13.0. The molecule has 96 valence electrons. The van der Waals surface area contributed by atoms with Crippen LogP contribution in [-0.4, -0.2) is 21.0 Å². The molecule has 0 fully saturated rings. The topological polar surface area (TPSA) is 63.1 Å². The number of carboxylic acid groups (broad SMARTS) is 1. The molecule has 4 nitrogen and oxygen atoms in total. The number of hydrogen-bond donors (Lipinski definition) is 1. The second kappa shape index (κ2) is 5.02. The monoisotopic (exact) mass is 264 g/mol. The Morgan fingerprint density at radius 3 is 2.72 bits per heavy atom. The van der Waals surface area contributed by atoms with Crippen molar-refractivity contribution < 1.29 is 9.90 Å². The van der Waals surface area contributed by atoms with Gasteiger partial charge in [-0.15, -0.1) is 11.3 Å². The summed E-state index contributed by atoms with van der Waals surface area (Å²) in [6, 6.07) is 1.89. The zero-order chi connectivity index (χ0) is 13.3. The lowest BCUT2D eigenvalue weighted by Gasteiger charge is -2.07. The molecule has 1 N–H and O–H groups in total. The lowest BCUT2D eigenvalue weighted by Crippen LogP contribution is -2.07. The van der Waals surface area contributed by atoms with Crippen molar-refractivity contribution in [1.82, 2.24) is 9.97 Å². The van der Waals surface area contributed by atoms with E-state index in [1.807, 2.05) is 26.8 Å². The van der Waals surface area contributed by atoms with Crippen molar-refractivity contribution in [3.8, 4) is 0 Å². The Balaban J connectivity index is 2.68. The van der Waals surface area contributed by atoms with Gasteiger partial charge in [-0.3, -0.25) is 0 Å². The van der Waals surface area contributed by atoms with Crippen LogP contribution in [0.2, 0.25) is 0 Å². The maximum atomic E-state index is 11.3. The first-order valence-electron chi connectivity index (χ1n) is 6.10. The second-order valence-electron chi connectivity index (χ2n) is 4.33. The number of nitrogens with zero attached hydrogens (tertiary/aromatic N) is 2. The Morgan fingerprint density at radius 2 is 2.17 bits per heavy atom. The van der Waals surface area contributed by atoms with Crippen LogP contribution in [0.4, 0.5) is 0 Å². The third-order valence-electron chi connectivity index (χ3n) is 3.07. The van der Waals surface area contributed by atoms with Crippen molar-refractivity contribution in [3.63, 3.8) is 0 Å². The molecule has 0 saturated carbocycles. The highest BCUT2D eigenvalue weighted by Gasteiger charge is 2.18. The van der Waals surface area contributed by atoms with E-state index in [2.05, 4.69) is 9.97 Å². The molecular weight excluding hydrogens is 248 g/mol. The molecule has 1 atom stereocenters. The molecule has 5 heteroatoms. The number of aromatic nitrogens is 2. The van der Waals surface area contributed by atoms with Gasteiger partial charge in [-0.25, -0.2) is 14.8 Å². The molecule has 0 saturated heterocycles. The summed E-state index contributed by atoms with van der Waals surface area (Å²) in [6.45, 7) is 6.11. The van der Waals surface area contributed by atoms with E-state index in [0.717, 1.165) is 22.5 Å². The van der Waals surface area contributed by atoms with Crippen LogP contribution in [0.5, 0.6) is 0 Å². The minimum Gasteiger partial charge on any atom is -0.476 e. The minimum atomic E-state index is -0.979. The van der Waals surface area contributed by atoms with Gasteiger partial charge in [-0.05, 0) is 18.9 Å². The Labute approximate surface area is 110 Å². The van der Waals surface area contributed by atoms with Crippen molar-refractivity contribution in [2.24, 2.45) is 0 Å². The van der Waals surface area contributed by atoms with Gasteiger partial charge in [0.25, 0.3) is 0 Å². The van der Waals surface area contributed by atoms with Crippen molar-refractivity contribution >= 4 is 27.5 Å². The maximum Gasteiger partial charge on any atom is 0.355 e. The highest BCUT2D eigenvalue weighted by atomic mass is 32.1. The van der Waals surface area contributed by atoms with Crippen molar-refractivity contribution in [1.29, 1.82) is 0 Å². The van der Waals surface area contributed by atoms with Gasteiger partial charge in [0.2, 0.25) is 0 Å². The average Bonchev–Trinajstić information content (AvgIpc) is 2.78. The predicted octanol–water partition coefficient (Wildman–Crippen LogP) is 3.47. The number of rotatable bonds is 4. The predicted molar refractivity (Wildman–Crippen MR) is 72.5 cm³/mol. The third-order valence-corrected chi connectivity index (χ3v) is 4.24. The highest BCUT2D eigenvalue weighted by Crippen LogP contribution is 2.28. The van der Waals surface area contributed by atoms with E-state index >= 15 is 0 Å². The standard InChI is InChI=1S/C13H16N2O2S/c1-4-7(3)11-14-10(13(16)17)9-6-8(5-2)18-12(9)15-11/h6-7H,4-5H2,1-3H3,(H,16,17). The Hall–Kier alpha value is -1.49. The molecule has 0 amide bonds. The normalized spacial score (nSPS) is 12.8. The number of aryl methyl sites for hydroxylation is 1. The summed E-state index contributed by atoms with van der Waals surface area (Å²) in [7, 11) is 0. The first-order valence-corrected chi connectivity index (χ1v) is 6.92. The molecule has 0 spiro atoms. The van der Waals surface area contributed by atoms with E-state index in [9.17, 15) is 9.90 Å². The number of carbonyl (C=O) groups is 1. The van der Waals surface area contributed by atoms with E-state index in [0.29, 0.717) is 11.2 Å². The zero-order valence-electron chi connectivity index (χ0n) is 10.7. The maximum absolute atomic E-state index is 11.3.